The second-order valence-electron chi connectivity index (χ2n) is 4.60. The Balaban J connectivity index is 1.97. The Labute approximate surface area is 121 Å². The maximum absolute atomic E-state index is 12.4. The molecule has 0 aliphatic rings. The zero-order chi connectivity index (χ0) is 14.1. The van der Waals surface area contributed by atoms with E-state index in [4.69, 9.17) is 11.6 Å². The summed E-state index contributed by atoms with van der Waals surface area (Å²) in [5.74, 6) is -0.188. The van der Waals surface area contributed by atoms with Crippen molar-refractivity contribution in [2.24, 2.45) is 0 Å². The minimum Gasteiger partial charge on any atom is -0.350 e. The molecule has 1 aromatic heterocycles. The van der Waals surface area contributed by atoms with Gasteiger partial charge >= 0.3 is 0 Å². The van der Waals surface area contributed by atoms with Gasteiger partial charge in [-0.15, -0.1) is 0 Å². The number of amides is 1. The number of H-pyrrole nitrogens is 1. The van der Waals surface area contributed by atoms with Crippen LogP contribution < -0.4 is 5.32 Å². The zero-order valence-corrected chi connectivity index (χ0v) is 11.7. The SMILES string of the molecule is Cc1c(C(=O)Nc2ccccc2Cl)[nH]c2ccccc12. The van der Waals surface area contributed by atoms with Gasteiger partial charge in [-0.2, -0.15) is 0 Å². The minimum atomic E-state index is -0.188. The van der Waals surface area contributed by atoms with E-state index >= 15 is 0 Å². The van der Waals surface area contributed by atoms with Crippen LogP contribution in [0.2, 0.25) is 5.02 Å². The van der Waals surface area contributed by atoms with Crippen LogP contribution in [0.25, 0.3) is 10.9 Å². The summed E-state index contributed by atoms with van der Waals surface area (Å²) in [4.78, 5) is 15.5. The van der Waals surface area contributed by atoms with Crippen LogP contribution >= 0.6 is 11.6 Å². The first-order valence-corrected chi connectivity index (χ1v) is 6.68. The number of aromatic amines is 1. The molecule has 3 aromatic rings. The van der Waals surface area contributed by atoms with Crippen LogP contribution in [-0.4, -0.2) is 10.9 Å². The lowest BCUT2D eigenvalue weighted by molar-refractivity contribution is 0.102. The minimum absolute atomic E-state index is 0.188. The Kier molecular flexibility index (Phi) is 3.20. The number of anilines is 1. The van der Waals surface area contributed by atoms with E-state index in [1.807, 2.05) is 43.3 Å². The molecule has 0 spiro atoms. The smallest absolute Gasteiger partial charge is 0.272 e. The molecule has 3 rings (SSSR count). The number of aromatic nitrogens is 1. The van der Waals surface area contributed by atoms with Crippen molar-refractivity contribution in [1.29, 1.82) is 0 Å². The first-order valence-electron chi connectivity index (χ1n) is 6.30. The lowest BCUT2D eigenvalue weighted by Crippen LogP contribution is -2.13. The summed E-state index contributed by atoms with van der Waals surface area (Å²) in [6.07, 6.45) is 0. The number of fused-ring (bicyclic) bond motifs is 1. The van der Waals surface area contributed by atoms with Crippen LogP contribution in [0.4, 0.5) is 5.69 Å². The second kappa shape index (κ2) is 5.02. The first kappa shape index (κ1) is 12.8. The third-order valence-electron chi connectivity index (χ3n) is 3.31. The molecule has 1 heterocycles. The average Bonchev–Trinajstić information content (AvgIpc) is 2.79. The first-order chi connectivity index (χ1) is 9.66. The molecule has 0 aliphatic heterocycles. The van der Waals surface area contributed by atoms with E-state index in [1.165, 1.54) is 0 Å². The van der Waals surface area contributed by atoms with Gasteiger partial charge in [0.1, 0.15) is 5.69 Å². The van der Waals surface area contributed by atoms with Crippen LogP contribution in [0.5, 0.6) is 0 Å². The molecule has 2 aromatic carbocycles. The molecule has 0 radical (unpaired) electrons. The van der Waals surface area contributed by atoms with Crippen molar-refractivity contribution in [2.75, 3.05) is 5.32 Å². The van der Waals surface area contributed by atoms with Crippen molar-refractivity contribution < 1.29 is 4.79 Å². The third kappa shape index (κ3) is 2.17. The van der Waals surface area contributed by atoms with Gasteiger partial charge in [-0.05, 0) is 30.7 Å². The Hall–Kier alpha value is -2.26. The molecule has 0 unspecified atom stereocenters. The largest absolute Gasteiger partial charge is 0.350 e. The highest BCUT2D eigenvalue weighted by atomic mass is 35.5. The number of hydrogen-bond donors (Lipinski definition) is 2. The quantitative estimate of drug-likeness (QED) is 0.720. The fourth-order valence-electron chi connectivity index (χ4n) is 2.26. The molecule has 1 amide bonds. The highest BCUT2D eigenvalue weighted by Crippen LogP contribution is 2.24. The summed E-state index contributed by atoms with van der Waals surface area (Å²) < 4.78 is 0. The molecule has 100 valence electrons. The molecule has 0 bridgehead atoms. The Morgan fingerprint density at radius 2 is 1.80 bits per heavy atom. The van der Waals surface area contributed by atoms with E-state index < -0.39 is 0 Å². The van der Waals surface area contributed by atoms with Crippen molar-refractivity contribution >= 4 is 34.1 Å². The van der Waals surface area contributed by atoms with E-state index in [-0.39, 0.29) is 5.91 Å². The van der Waals surface area contributed by atoms with Crippen molar-refractivity contribution in [3.63, 3.8) is 0 Å². The van der Waals surface area contributed by atoms with Gasteiger partial charge in [0, 0.05) is 10.9 Å². The molecule has 0 fully saturated rings. The maximum atomic E-state index is 12.4. The van der Waals surface area contributed by atoms with Crippen molar-refractivity contribution in [3.05, 3.63) is 64.8 Å². The van der Waals surface area contributed by atoms with Crippen LogP contribution in [0, 0.1) is 6.92 Å². The monoisotopic (exact) mass is 284 g/mol. The Bertz CT molecular complexity index is 792. The zero-order valence-electron chi connectivity index (χ0n) is 10.9. The van der Waals surface area contributed by atoms with E-state index in [0.717, 1.165) is 16.5 Å². The number of nitrogens with one attached hydrogen (secondary N) is 2. The standard InChI is InChI=1S/C16H13ClN2O/c1-10-11-6-2-4-8-13(11)18-15(10)16(20)19-14-9-5-3-7-12(14)17/h2-9,18H,1H3,(H,19,20). The van der Waals surface area contributed by atoms with Crippen LogP contribution in [-0.2, 0) is 0 Å². The molecule has 20 heavy (non-hydrogen) atoms. The fourth-order valence-corrected chi connectivity index (χ4v) is 2.44. The normalized spacial score (nSPS) is 10.7. The number of benzene rings is 2. The lowest BCUT2D eigenvalue weighted by Gasteiger charge is -2.06. The summed E-state index contributed by atoms with van der Waals surface area (Å²) >= 11 is 6.05. The molecule has 3 nitrogen and oxygen atoms in total. The number of carbonyl (C=O) groups is 1. The van der Waals surface area contributed by atoms with E-state index in [2.05, 4.69) is 10.3 Å². The molecule has 0 saturated carbocycles. The third-order valence-corrected chi connectivity index (χ3v) is 3.64. The predicted octanol–water partition coefficient (Wildman–Crippen LogP) is 4.38. The van der Waals surface area contributed by atoms with Crippen molar-refractivity contribution in [1.82, 2.24) is 4.98 Å². The number of rotatable bonds is 2. The van der Waals surface area contributed by atoms with E-state index in [1.54, 1.807) is 12.1 Å². The number of para-hydroxylation sites is 2. The van der Waals surface area contributed by atoms with Crippen LogP contribution in [0.1, 0.15) is 16.1 Å². The van der Waals surface area contributed by atoms with Gasteiger partial charge in [-0.1, -0.05) is 41.9 Å². The van der Waals surface area contributed by atoms with Gasteiger partial charge in [-0.25, -0.2) is 0 Å². The van der Waals surface area contributed by atoms with Gasteiger partial charge in [0.2, 0.25) is 0 Å². The van der Waals surface area contributed by atoms with Gasteiger partial charge < -0.3 is 10.3 Å². The van der Waals surface area contributed by atoms with Gasteiger partial charge in [0.15, 0.2) is 0 Å². The summed E-state index contributed by atoms with van der Waals surface area (Å²) in [5, 5.41) is 4.40. The van der Waals surface area contributed by atoms with E-state index in [0.29, 0.717) is 16.4 Å². The van der Waals surface area contributed by atoms with E-state index in [9.17, 15) is 4.79 Å². The van der Waals surface area contributed by atoms with Gasteiger partial charge in [-0.3, -0.25) is 4.79 Å². The second-order valence-corrected chi connectivity index (χ2v) is 5.01. The average molecular weight is 285 g/mol. The maximum Gasteiger partial charge on any atom is 0.272 e. The Morgan fingerprint density at radius 1 is 1.10 bits per heavy atom. The van der Waals surface area contributed by atoms with Gasteiger partial charge in [0.05, 0.1) is 10.7 Å². The molecule has 0 atom stereocenters. The molecule has 0 aliphatic carbocycles. The predicted molar refractivity (Wildman–Crippen MR) is 82.4 cm³/mol. The molecule has 0 saturated heterocycles. The molecular weight excluding hydrogens is 272 g/mol. The summed E-state index contributed by atoms with van der Waals surface area (Å²) in [6, 6.07) is 15.0. The lowest BCUT2D eigenvalue weighted by atomic mass is 10.1. The number of hydrogen-bond acceptors (Lipinski definition) is 1. The summed E-state index contributed by atoms with van der Waals surface area (Å²) in [5.41, 5.74) is 3.06. The van der Waals surface area contributed by atoms with Crippen LogP contribution in [0.15, 0.2) is 48.5 Å². The fraction of sp³-hybridized carbons (Fsp3) is 0.0625. The van der Waals surface area contributed by atoms with Crippen LogP contribution in [0.3, 0.4) is 0 Å². The van der Waals surface area contributed by atoms with Gasteiger partial charge in [0.25, 0.3) is 5.91 Å². The summed E-state index contributed by atoms with van der Waals surface area (Å²) in [7, 11) is 0. The molecular formula is C16H13ClN2O. The number of aryl methyl sites for hydroxylation is 1. The highest BCUT2D eigenvalue weighted by molar-refractivity contribution is 6.33. The molecule has 4 heteroatoms. The number of halogens is 1. The topological polar surface area (TPSA) is 44.9 Å². The van der Waals surface area contributed by atoms with Crippen molar-refractivity contribution in [2.45, 2.75) is 6.92 Å². The summed E-state index contributed by atoms with van der Waals surface area (Å²) in [6.45, 7) is 1.93. The number of carbonyl (C=O) groups excluding carboxylic acids is 1. The Morgan fingerprint density at radius 3 is 2.55 bits per heavy atom. The van der Waals surface area contributed by atoms with Crippen molar-refractivity contribution in [3.8, 4) is 0 Å². The molecule has 2 N–H and O–H groups in total. The highest BCUT2D eigenvalue weighted by Gasteiger charge is 2.15.